The van der Waals surface area contributed by atoms with Crippen LogP contribution >= 0.6 is 11.3 Å². The van der Waals surface area contributed by atoms with Crippen molar-refractivity contribution in [2.75, 3.05) is 13.1 Å². The summed E-state index contributed by atoms with van der Waals surface area (Å²) < 4.78 is 6.27. The molecule has 1 saturated carbocycles. The van der Waals surface area contributed by atoms with Crippen LogP contribution in [0.1, 0.15) is 77.4 Å². The van der Waals surface area contributed by atoms with Crippen LogP contribution in [0.4, 0.5) is 0 Å². The van der Waals surface area contributed by atoms with Crippen molar-refractivity contribution in [2.45, 2.75) is 64.4 Å². The van der Waals surface area contributed by atoms with E-state index in [0.717, 1.165) is 90.3 Å². The lowest BCUT2D eigenvalue weighted by Gasteiger charge is -2.27. The highest BCUT2D eigenvalue weighted by Crippen LogP contribution is 2.39. The minimum atomic E-state index is -0.678. The molecule has 2 fully saturated rings. The van der Waals surface area contributed by atoms with E-state index in [-0.39, 0.29) is 11.8 Å². The molecule has 194 valence electrons. The number of thiazole rings is 1. The van der Waals surface area contributed by atoms with Crippen molar-refractivity contribution in [2.24, 2.45) is 5.92 Å². The maximum atomic E-state index is 12.9. The number of hydrogen-bond donors (Lipinski definition) is 1. The highest BCUT2D eigenvalue weighted by atomic mass is 32.1. The van der Waals surface area contributed by atoms with Gasteiger partial charge in [0.1, 0.15) is 12.4 Å². The number of nitrogens with zero attached hydrogens (tertiary/aromatic N) is 2. The standard InChI is InChI=1S/C30H34N2O4S/c1-20-17-23(29(33)32-15-5-2-6-16-32)13-14-24(20)18-36-27-8-4-3-7-25(27)26-19-37-28(31-26)21-9-11-22(12-10-21)30(34)35/h3-4,7-8,13-14,17,19,21-22H,2,5-6,9-12,15-16,18H2,1H3,(H,34,35)/t21-,22+. The van der Waals surface area contributed by atoms with E-state index < -0.39 is 5.97 Å². The van der Waals surface area contributed by atoms with Gasteiger partial charge in [0.15, 0.2) is 0 Å². The lowest BCUT2D eigenvalue weighted by Crippen LogP contribution is -2.35. The van der Waals surface area contributed by atoms with Gasteiger partial charge in [-0.3, -0.25) is 9.59 Å². The Bertz CT molecular complexity index is 1260. The smallest absolute Gasteiger partial charge is 0.306 e. The number of carboxylic acids is 1. The molecule has 37 heavy (non-hydrogen) atoms. The molecule has 0 radical (unpaired) electrons. The fourth-order valence-electron chi connectivity index (χ4n) is 5.42. The number of likely N-dealkylation sites (tertiary alicyclic amines) is 1. The monoisotopic (exact) mass is 518 g/mol. The molecule has 2 heterocycles. The zero-order valence-electron chi connectivity index (χ0n) is 21.3. The minimum Gasteiger partial charge on any atom is -0.488 e. The zero-order valence-corrected chi connectivity index (χ0v) is 22.1. The second kappa shape index (κ2) is 11.5. The summed E-state index contributed by atoms with van der Waals surface area (Å²) in [7, 11) is 0. The first kappa shape index (κ1) is 25.5. The number of para-hydroxylation sites is 1. The summed E-state index contributed by atoms with van der Waals surface area (Å²) in [5.41, 5.74) is 4.71. The number of rotatable bonds is 7. The summed E-state index contributed by atoms with van der Waals surface area (Å²) in [5, 5.41) is 12.4. The number of carbonyl (C=O) groups is 2. The van der Waals surface area contributed by atoms with Crippen molar-refractivity contribution in [3.05, 3.63) is 69.5 Å². The van der Waals surface area contributed by atoms with E-state index in [1.54, 1.807) is 11.3 Å². The highest BCUT2D eigenvalue weighted by molar-refractivity contribution is 7.10. The Balaban J connectivity index is 1.25. The molecule has 0 atom stereocenters. The Morgan fingerprint density at radius 2 is 1.81 bits per heavy atom. The van der Waals surface area contributed by atoms with E-state index in [9.17, 15) is 14.7 Å². The van der Waals surface area contributed by atoms with Gasteiger partial charge in [-0.05, 0) is 87.3 Å². The number of aromatic nitrogens is 1. The topological polar surface area (TPSA) is 79.7 Å². The Morgan fingerprint density at radius 1 is 1.05 bits per heavy atom. The van der Waals surface area contributed by atoms with Crippen molar-refractivity contribution >= 4 is 23.2 Å². The van der Waals surface area contributed by atoms with Crippen LogP contribution < -0.4 is 4.74 Å². The molecule has 1 saturated heterocycles. The first-order valence-electron chi connectivity index (χ1n) is 13.3. The normalized spacial score (nSPS) is 20.0. The van der Waals surface area contributed by atoms with E-state index in [2.05, 4.69) is 5.38 Å². The lowest BCUT2D eigenvalue weighted by molar-refractivity contribution is -0.142. The summed E-state index contributed by atoms with van der Waals surface area (Å²) in [6, 6.07) is 13.9. The van der Waals surface area contributed by atoms with Crippen LogP contribution in [-0.2, 0) is 11.4 Å². The first-order valence-corrected chi connectivity index (χ1v) is 14.2. The third-order valence-corrected chi connectivity index (χ3v) is 8.73. The molecule has 1 aromatic heterocycles. The fraction of sp³-hybridized carbons (Fsp3) is 0.433. The van der Waals surface area contributed by atoms with Gasteiger partial charge in [0.25, 0.3) is 5.91 Å². The molecular weight excluding hydrogens is 484 g/mol. The van der Waals surface area contributed by atoms with Crippen molar-refractivity contribution in [3.8, 4) is 17.0 Å². The molecule has 1 aliphatic heterocycles. The predicted molar refractivity (Wildman–Crippen MR) is 145 cm³/mol. The quantitative estimate of drug-likeness (QED) is 0.377. The number of hydrogen-bond acceptors (Lipinski definition) is 5. The Hall–Kier alpha value is -3.19. The van der Waals surface area contributed by atoms with E-state index in [0.29, 0.717) is 12.5 Å². The number of benzene rings is 2. The summed E-state index contributed by atoms with van der Waals surface area (Å²) in [6.45, 7) is 4.14. The van der Waals surface area contributed by atoms with E-state index >= 15 is 0 Å². The molecule has 0 spiro atoms. The maximum Gasteiger partial charge on any atom is 0.306 e. The number of carboxylic acid groups (broad SMARTS) is 1. The molecule has 1 N–H and O–H groups in total. The van der Waals surface area contributed by atoms with Crippen LogP contribution in [0.3, 0.4) is 0 Å². The minimum absolute atomic E-state index is 0.122. The number of aliphatic carboxylic acids is 1. The molecule has 2 aromatic carbocycles. The van der Waals surface area contributed by atoms with Gasteiger partial charge >= 0.3 is 5.97 Å². The van der Waals surface area contributed by atoms with E-state index in [4.69, 9.17) is 9.72 Å². The molecule has 1 aliphatic carbocycles. The average molecular weight is 519 g/mol. The average Bonchev–Trinajstić information content (AvgIpc) is 3.43. The third kappa shape index (κ3) is 5.87. The molecule has 0 unspecified atom stereocenters. The largest absolute Gasteiger partial charge is 0.488 e. The highest BCUT2D eigenvalue weighted by Gasteiger charge is 2.28. The van der Waals surface area contributed by atoms with Gasteiger partial charge < -0.3 is 14.7 Å². The Morgan fingerprint density at radius 3 is 2.54 bits per heavy atom. The van der Waals surface area contributed by atoms with Crippen LogP contribution in [0, 0.1) is 12.8 Å². The number of aryl methyl sites for hydroxylation is 1. The molecule has 3 aromatic rings. The van der Waals surface area contributed by atoms with Crippen LogP contribution in [0.15, 0.2) is 47.8 Å². The second-order valence-electron chi connectivity index (χ2n) is 10.2. The number of piperidine rings is 1. The number of ether oxygens (including phenoxy) is 1. The Kier molecular flexibility index (Phi) is 7.89. The summed E-state index contributed by atoms with van der Waals surface area (Å²) in [4.78, 5) is 31.0. The van der Waals surface area contributed by atoms with Crippen molar-refractivity contribution < 1.29 is 19.4 Å². The van der Waals surface area contributed by atoms with Crippen LogP contribution in [0.25, 0.3) is 11.3 Å². The maximum absolute atomic E-state index is 12.9. The summed E-state index contributed by atoms with van der Waals surface area (Å²) in [5.74, 6) is 0.336. The van der Waals surface area contributed by atoms with Gasteiger partial charge in [0.05, 0.1) is 16.6 Å². The molecule has 1 amide bonds. The van der Waals surface area contributed by atoms with Crippen molar-refractivity contribution in [1.82, 2.24) is 9.88 Å². The SMILES string of the molecule is Cc1cc(C(=O)N2CCCCC2)ccc1COc1ccccc1-c1csc([C@H]2CC[C@@H](C(=O)O)CC2)n1. The Labute approximate surface area is 222 Å². The fourth-order valence-corrected chi connectivity index (χ4v) is 6.41. The van der Waals surface area contributed by atoms with Gasteiger partial charge in [-0.15, -0.1) is 11.3 Å². The number of carbonyl (C=O) groups excluding carboxylic acids is 1. The molecule has 7 heteroatoms. The van der Waals surface area contributed by atoms with Crippen molar-refractivity contribution in [3.63, 3.8) is 0 Å². The molecule has 6 nitrogen and oxygen atoms in total. The second-order valence-corrected chi connectivity index (χ2v) is 11.1. The molecule has 5 rings (SSSR count). The number of amides is 1. The predicted octanol–water partition coefficient (Wildman–Crippen LogP) is 6.68. The third-order valence-electron chi connectivity index (χ3n) is 7.73. The van der Waals surface area contributed by atoms with Gasteiger partial charge in [-0.25, -0.2) is 4.98 Å². The van der Waals surface area contributed by atoms with Crippen molar-refractivity contribution in [1.29, 1.82) is 0 Å². The van der Waals surface area contributed by atoms with Crippen LogP contribution in [0.2, 0.25) is 0 Å². The lowest BCUT2D eigenvalue weighted by atomic mass is 9.82. The molecule has 0 bridgehead atoms. The van der Waals surface area contributed by atoms with E-state index in [1.807, 2.05) is 54.3 Å². The van der Waals surface area contributed by atoms with Crippen LogP contribution in [0.5, 0.6) is 5.75 Å². The molecular formula is C30H34N2O4S. The van der Waals surface area contributed by atoms with Gasteiger partial charge in [-0.1, -0.05) is 18.2 Å². The van der Waals surface area contributed by atoms with E-state index in [1.165, 1.54) is 6.42 Å². The molecule has 2 aliphatic rings. The van der Waals surface area contributed by atoms with Gasteiger partial charge in [0.2, 0.25) is 0 Å². The van der Waals surface area contributed by atoms with Gasteiger partial charge in [0, 0.05) is 35.5 Å². The van der Waals surface area contributed by atoms with Crippen LogP contribution in [-0.4, -0.2) is 40.0 Å². The summed E-state index contributed by atoms with van der Waals surface area (Å²) in [6.07, 6.45) is 6.56. The zero-order chi connectivity index (χ0) is 25.8. The summed E-state index contributed by atoms with van der Waals surface area (Å²) >= 11 is 1.65. The first-order chi connectivity index (χ1) is 18.0. The van der Waals surface area contributed by atoms with Gasteiger partial charge in [-0.2, -0.15) is 0 Å².